The van der Waals surface area contributed by atoms with E-state index in [0.29, 0.717) is 13.0 Å². The average molecular weight is 375 g/mol. The van der Waals surface area contributed by atoms with Crippen LogP contribution in [0.15, 0.2) is 59.5 Å². The molecule has 7 heteroatoms. The Kier molecular flexibility index (Phi) is 5.58. The second kappa shape index (κ2) is 7.88. The summed E-state index contributed by atoms with van der Waals surface area (Å²) in [5.74, 6) is 0. The van der Waals surface area contributed by atoms with Crippen LogP contribution in [0.4, 0.5) is 4.79 Å². The second-order valence-corrected chi connectivity index (χ2v) is 7.84. The molecule has 0 aliphatic carbocycles. The summed E-state index contributed by atoms with van der Waals surface area (Å²) in [5.41, 5.74) is 1.87. The number of likely N-dealkylation sites (tertiary alicyclic amines) is 1. The summed E-state index contributed by atoms with van der Waals surface area (Å²) in [4.78, 5) is 13.7. The van der Waals surface area contributed by atoms with Crippen LogP contribution in [0.2, 0.25) is 0 Å². The maximum atomic E-state index is 12.2. The van der Waals surface area contributed by atoms with Gasteiger partial charge in [-0.2, -0.15) is 8.42 Å². The van der Waals surface area contributed by atoms with Gasteiger partial charge in [-0.3, -0.25) is 4.18 Å². The van der Waals surface area contributed by atoms with Gasteiger partial charge in [0.05, 0.1) is 17.5 Å². The Bertz CT molecular complexity index is 849. The molecule has 6 nitrogen and oxygen atoms in total. The fourth-order valence-corrected chi connectivity index (χ4v) is 3.54. The zero-order valence-electron chi connectivity index (χ0n) is 14.5. The van der Waals surface area contributed by atoms with Crippen LogP contribution < -0.4 is 0 Å². The third kappa shape index (κ3) is 4.42. The molecule has 0 unspecified atom stereocenters. The van der Waals surface area contributed by atoms with E-state index in [9.17, 15) is 13.2 Å². The van der Waals surface area contributed by atoms with Crippen LogP contribution in [0.25, 0.3) is 0 Å². The van der Waals surface area contributed by atoms with Gasteiger partial charge in [0.1, 0.15) is 6.61 Å². The highest BCUT2D eigenvalue weighted by Crippen LogP contribution is 2.22. The molecule has 0 radical (unpaired) electrons. The summed E-state index contributed by atoms with van der Waals surface area (Å²) in [6.07, 6.45) is 0.227. The standard InChI is InChI=1S/C19H21NO5S/c1-15-7-9-18(10-8-15)26(22,23)25-14-17-11-12-20(17)19(21)24-13-16-5-3-2-4-6-16/h2-10,17H,11-14H2,1H3/t17-/m1/s1. The summed E-state index contributed by atoms with van der Waals surface area (Å²) >= 11 is 0. The van der Waals surface area contributed by atoms with Crippen LogP contribution in [-0.2, 0) is 25.6 Å². The third-order valence-electron chi connectivity index (χ3n) is 4.31. The van der Waals surface area contributed by atoms with E-state index in [-0.39, 0.29) is 24.2 Å². The minimum Gasteiger partial charge on any atom is -0.445 e. The highest BCUT2D eigenvalue weighted by atomic mass is 32.2. The highest BCUT2D eigenvalue weighted by molar-refractivity contribution is 7.86. The van der Waals surface area contributed by atoms with Crippen LogP contribution in [0.1, 0.15) is 17.5 Å². The normalized spacial score (nSPS) is 16.8. The molecule has 1 saturated heterocycles. The van der Waals surface area contributed by atoms with Gasteiger partial charge in [0, 0.05) is 6.54 Å². The maximum Gasteiger partial charge on any atom is 0.410 e. The molecule has 1 heterocycles. The summed E-state index contributed by atoms with van der Waals surface area (Å²) in [6, 6.07) is 15.5. The lowest BCUT2D eigenvalue weighted by atomic mass is 10.1. The van der Waals surface area contributed by atoms with E-state index in [0.717, 1.165) is 11.1 Å². The van der Waals surface area contributed by atoms with Crippen molar-refractivity contribution < 1.29 is 22.1 Å². The third-order valence-corrected chi connectivity index (χ3v) is 5.60. The molecule has 3 rings (SSSR count). The van der Waals surface area contributed by atoms with Crippen molar-refractivity contribution in [3.8, 4) is 0 Å². The molecule has 2 aromatic rings. The van der Waals surface area contributed by atoms with Gasteiger partial charge < -0.3 is 9.64 Å². The Morgan fingerprint density at radius 1 is 1.12 bits per heavy atom. The Morgan fingerprint density at radius 2 is 1.81 bits per heavy atom. The number of carbonyl (C=O) groups is 1. The van der Waals surface area contributed by atoms with Crippen LogP contribution in [0.3, 0.4) is 0 Å². The van der Waals surface area contributed by atoms with Crippen LogP contribution in [-0.4, -0.2) is 38.6 Å². The van der Waals surface area contributed by atoms with E-state index in [2.05, 4.69) is 0 Å². The van der Waals surface area contributed by atoms with E-state index in [1.54, 1.807) is 12.1 Å². The number of benzene rings is 2. The first kappa shape index (κ1) is 18.4. The molecule has 0 spiro atoms. The molecule has 1 fully saturated rings. The Morgan fingerprint density at radius 3 is 2.42 bits per heavy atom. The summed E-state index contributed by atoms with van der Waals surface area (Å²) in [7, 11) is -3.83. The first-order valence-electron chi connectivity index (χ1n) is 8.39. The molecule has 1 amide bonds. The van der Waals surface area contributed by atoms with E-state index in [4.69, 9.17) is 8.92 Å². The smallest absolute Gasteiger partial charge is 0.410 e. The van der Waals surface area contributed by atoms with Crippen molar-refractivity contribution in [2.45, 2.75) is 30.9 Å². The lowest BCUT2D eigenvalue weighted by Gasteiger charge is -2.39. The van der Waals surface area contributed by atoms with Crippen molar-refractivity contribution in [3.05, 3.63) is 65.7 Å². The van der Waals surface area contributed by atoms with Gasteiger partial charge in [-0.25, -0.2) is 4.79 Å². The SMILES string of the molecule is Cc1ccc(S(=O)(=O)OC[C@H]2CCN2C(=O)OCc2ccccc2)cc1. The van der Waals surface area contributed by atoms with Crippen LogP contribution >= 0.6 is 0 Å². The van der Waals surface area contributed by atoms with E-state index in [1.807, 2.05) is 37.3 Å². The Labute approximate surface area is 153 Å². The number of rotatable bonds is 6. The van der Waals surface area contributed by atoms with Gasteiger partial charge in [-0.1, -0.05) is 48.0 Å². The van der Waals surface area contributed by atoms with Crippen molar-refractivity contribution in [2.24, 2.45) is 0 Å². The molecule has 0 bridgehead atoms. The first-order chi connectivity index (χ1) is 12.5. The quantitative estimate of drug-likeness (QED) is 0.726. The number of nitrogens with zero attached hydrogens (tertiary/aromatic N) is 1. The van der Waals surface area contributed by atoms with Crippen LogP contribution in [0, 0.1) is 6.92 Å². The lowest BCUT2D eigenvalue weighted by molar-refractivity contribution is 0.0269. The Hall–Kier alpha value is -2.38. The fraction of sp³-hybridized carbons (Fsp3) is 0.316. The molecule has 138 valence electrons. The number of carbonyl (C=O) groups excluding carboxylic acids is 1. The van der Waals surface area contributed by atoms with E-state index < -0.39 is 16.2 Å². The molecule has 0 aromatic heterocycles. The van der Waals surface area contributed by atoms with Gasteiger partial charge in [0.25, 0.3) is 10.1 Å². The number of ether oxygens (including phenoxy) is 1. The minimum absolute atomic E-state index is 0.0728. The summed E-state index contributed by atoms with van der Waals surface area (Å²) < 4.78 is 34.8. The predicted molar refractivity (Wildman–Crippen MR) is 96.1 cm³/mol. The van der Waals surface area contributed by atoms with E-state index >= 15 is 0 Å². The summed E-state index contributed by atoms with van der Waals surface area (Å²) in [6.45, 7) is 2.53. The van der Waals surface area contributed by atoms with Crippen molar-refractivity contribution in [3.63, 3.8) is 0 Å². The fourth-order valence-electron chi connectivity index (χ4n) is 2.60. The highest BCUT2D eigenvalue weighted by Gasteiger charge is 2.35. The van der Waals surface area contributed by atoms with Gasteiger partial charge in [0.2, 0.25) is 0 Å². The van der Waals surface area contributed by atoms with Crippen molar-refractivity contribution >= 4 is 16.2 Å². The molecule has 0 saturated carbocycles. The molecular weight excluding hydrogens is 354 g/mol. The van der Waals surface area contributed by atoms with Gasteiger partial charge in [-0.05, 0) is 31.0 Å². The molecule has 1 aliphatic rings. The van der Waals surface area contributed by atoms with E-state index in [1.165, 1.54) is 17.0 Å². The van der Waals surface area contributed by atoms with Gasteiger partial charge in [-0.15, -0.1) is 0 Å². The zero-order valence-corrected chi connectivity index (χ0v) is 15.3. The monoisotopic (exact) mass is 375 g/mol. The summed E-state index contributed by atoms with van der Waals surface area (Å²) in [5, 5.41) is 0. The first-order valence-corrected chi connectivity index (χ1v) is 9.80. The molecular formula is C19H21NO5S. The number of hydrogen-bond acceptors (Lipinski definition) is 5. The average Bonchev–Trinajstić information content (AvgIpc) is 2.60. The van der Waals surface area contributed by atoms with Gasteiger partial charge in [0.15, 0.2) is 0 Å². The topological polar surface area (TPSA) is 72.9 Å². The second-order valence-electron chi connectivity index (χ2n) is 6.23. The largest absolute Gasteiger partial charge is 0.445 e. The van der Waals surface area contributed by atoms with Crippen LogP contribution in [0.5, 0.6) is 0 Å². The lowest BCUT2D eigenvalue weighted by Crippen LogP contribution is -2.53. The van der Waals surface area contributed by atoms with Crippen molar-refractivity contribution in [1.82, 2.24) is 4.90 Å². The molecule has 2 aromatic carbocycles. The number of aryl methyl sites for hydroxylation is 1. The molecule has 1 aliphatic heterocycles. The zero-order chi connectivity index (χ0) is 18.6. The predicted octanol–water partition coefficient (Wildman–Crippen LogP) is 3.11. The molecule has 26 heavy (non-hydrogen) atoms. The number of amides is 1. The Balaban J connectivity index is 1.51. The molecule has 0 N–H and O–H groups in total. The van der Waals surface area contributed by atoms with Crippen molar-refractivity contribution in [2.75, 3.05) is 13.2 Å². The van der Waals surface area contributed by atoms with Crippen molar-refractivity contribution in [1.29, 1.82) is 0 Å². The molecule has 1 atom stereocenters. The van der Waals surface area contributed by atoms with Gasteiger partial charge >= 0.3 is 6.09 Å². The number of hydrogen-bond donors (Lipinski definition) is 0. The maximum absolute atomic E-state index is 12.2. The minimum atomic E-state index is -3.83.